The number of imide groups is 1. The number of hydrogen-bond acceptors (Lipinski definition) is 6. The van der Waals surface area contributed by atoms with E-state index in [2.05, 4.69) is 15.7 Å². The van der Waals surface area contributed by atoms with Crippen LogP contribution in [0.4, 0.5) is 4.79 Å². The molecule has 1 fully saturated rings. The van der Waals surface area contributed by atoms with E-state index in [9.17, 15) is 14.4 Å². The van der Waals surface area contributed by atoms with Crippen LogP contribution in [0, 0.1) is 0 Å². The van der Waals surface area contributed by atoms with Gasteiger partial charge in [0.05, 0.1) is 20.0 Å². The Balaban J connectivity index is 1.36. The third-order valence-corrected chi connectivity index (χ3v) is 7.38. The molecule has 2 N–H and O–H groups in total. The molecule has 0 aliphatic carbocycles. The monoisotopic (exact) mass is 448 g/mol. The van der Waals surface area contributed by atoms with Gasteiger partial charge in [0.25, 0.3) is 11.8 Å². The molecule has 4 amide bonds. The lowest BCUT2D eigenvalue weighted by atomic mass is 9.92. The molecule has 4 aromatic rings. The van der Waals surface area contributed by atoms with Gasteiger partial charge < -0.3 is 5.32 Å². The zero-order valence-electron chi connectivity index (χ0n) is 16.3. The van der Waals surface area contributed by atoms with Crippen molar-refractivity contribution in [1.82, 2.24) is 20.7 Å². The van der Waals surface area contributed by atoms with Gasteiger partial charge in [-0.2, -0.15) is 5.01 Å². The van der Waals surface area contributed by atoms with Crippen LogP contribution < -0.4 is 10.7 Å². The Morgan fingerprint density at radius 1 is 1.00 bits per heavy atom. The van der Waals surface area contributed by atoms with E-state index in [-0.39, 0.29) is 0 Å². The van der Waals surface area contributed by atoms with Gasteiger partial charge in [-0.05, 0) is 36.8 Å². The number of carbonyl (C=O) groups is 3. The van der Waals surface area contributed by atoms with Crippen molar-refractivity contribution in [1.29, 1.82) is 0 Å². The highest BCUT2D eigenvalue weighted by atomic mass is 32.1. The van der Waals surface area contributed by atoms with Crippen molar-refractivity contribution in [3.8, 4) is 9.88 Å². The fraction of sp³-hybridized carbons (Fsp3) is 0.0909. The molecule has 0 saturated carbocycles. The van der Waals surface area contributed by atoms with E-state index < -0.39 is 23.4 Å². The largest absolute Gasteiger partial charge is 0.344 e. The quantitative estimate of drug-likeness (QED) is 0.459. The van der Waals surface area contributed by atoms with Crippen LogP contribution in [0.1, 0.15) is 22.2 Å². The molecule has 1 saturated heterocycles. The topological polar surface area (TPSA) is 91.4 Å². The SMILES string of the molecule is CC1(c2ccccc2)NC(=O)N(NC(=O)c2ccc(-c3nc4ccccc4s3)s2)C1=O. The minimum Gasteiger partial charge on any atom is -0.318 e. The molecule has 1 aliphatic rings. The number of thiazole rings is 1. The maximum atomic E-state index is 13.0. The van der Waals surface area contributed by atoms with E-state index in [1.807, 2.05) is 36.4 Å². The van der Waals surface area contributed by atoms with Gasteiger partial charge in [0.2, 0.25) is 0 Å². The Morgan fingerprint density at radius 2 is 1.74 bits per heavy atom. The number of fused-ring (bicyclic) bond motifs is 1. The number of aromatic nitrogens is 1. The van der Waals surface area contributed by atoms with Gasteiger partial charge in [-0.15, -0.1) is 22.7 Å². The lowest BCUT2D eigenvalue weighted by molar-refractivity contribution is -0.132. The second kappa shape index (κ2) is 7.29. The van der Waals surface area contributed by atoms with Crippen LogP contribution in [0.2, 0.25) is 0 Å². The van der Waals surface area contributed by atoms with Crippen LogP contribution in [0.25, 0.3) is 20.1 Å². The first-order valence-electron chi connectivity index (χ1n) is 9.45. The van der Waals surface area contributed by atoms with E-state index in [1.165, 1.54) is 11.3 Å². The van der Waals surface area contributed by atoms with Gasteiger partial charge in [-0.1, -0.05) is 42.5 Å². The van der Waals surface area contributed by atoms with Crippen molar-refractivity contribution >= 4 is 50.7 Å². The van der Waals surface area contributed by atoms with Gasteiger partial charge in [-0.3, -0.25) is 15.0 Å². The Morgan fingerprint density at radius 3 is 2.52 bits per heavy atom. The average Bonchev–Trinajstić information content (AvgIpc) is 3.48. The Kier molecular flexibility index (Phi) is 4.57. The van der Waals surface area contributed by atoms with Crippen LogP contribution in [0.5, 0.6) is 0 Å². The number of hydrazine groups is 1. The van der Waals surface area contributed by atoms with Crippen molar-refractivity contribution in [2.75, 3.05) is 0 Å². The van der Waals surface area contributed by atoms with Gasteiger partial charge in [0, 0.05) is 0 Å². The molecule has 2 aromatic carbocycles. The first kappa shape index (κ1) is 19.4. The Bertz CT molecular complexity index is 1300. The van der Waals surface area contributed by atoms with Gasteiger partial charge >= 0.3 is 6.03 Å². The zero-order valence-corrected chi connectivity index (χ0v) is 17.9. The normalized spacial score (nSPS) is 18.4. The smallest absolute Gasteiger partial charge is 0.318 e. The van der Waals surface area contributed by atoms with Crippen LogP contribution >= 0.6 is 22.7 Å². The third-order valence-electron chi connectivity index (χ3n) is 5.09. The molecule has 1 unspecified atom stereocenters. The van der Waals surface area contributed by atoms with Crippen LogP contribution in [0.3, 0.4) is 0 Å². The second-order valence-electron chi connectivity index (χ2n) is 7.15. The molecule has 3 heterocycles. The predicted octanol–water partition coefficient (Wildman–Crippen LogP) is 4.14. The Hall–Kier alpha value is -3.56. The number of benzene rings is 2. The lowest BCUT2D eigenvalue weighted by Crippen LogP contribution is -2.47. The summed E-state index contributed by atoms with van der Waals surface area (Å²) >= 11 is 2.80. The van der Waals surface area contributed by atoms with Gasteiger partial charge in [0.15, 0.2) is 0 Å². The predicted molar refractivity (Wildman–Crippen MR) is 120 cm³/mol. The van der Waals surface area contributed by atoms with E-state index in [0.29, 0.717) is 10.4 Å². The number of carbonyl (C=O) groups excluding carboxylic acids is 3. The zero-order chi connectivity index (χ0) is 21.6. The summed E-state index contributed by atoms with van der Waals surface area (Å²) in [4.78, 5) is 44.0. The number of urea groups is 1. The Labute approximate surface area is 185 Å². The molecule has 0 bridgehead atoms. The summed E-state index contributed by atoms with van der Waals surface area (Å²) in [6.45, 7) is 1.62. The average molecular weight is 449 g/mol. The number of nitrogens with one attached hydrogen (secondary N) is 2. The van der Waals surface area contributed by atoms with Crippen molar-refractivity contribution < 1.29 is 14.4 Å². The van der Waals surface area contributed by atoms with E-state index in [0.717, 1.165) is 25.1 Å². The van der Waals surface area contributed by atoms with Crippen LogP contribution in [0.15, 0.2) is 66.7 Å². The van der Waals surface area contributed by atoms with Gasteiger partial charge in [0.1, 0.15) is 10.5 Å². The molecule has 154 valence electrons. The standard InChI is InChI=1S/C22H16N4O3S2/c1-22(13-7-3-2-4-8-13)20(28)26(21(29)24-22)25-18(27)16-11-12-17(30-16)19-23-14-9-5-6-10-15(14)31-19/h2-12H,1H3,(H,24,29)(H,25,27). The van der Waals surface area contributed by atoms with E-state index >= 15 is 0 Å². The number of rotatable bonds is 4. The molecule has 7 nitrogen and oxygen atoms in total. The number of para-hydroxylation sites is 1. The van der Waals surface area contributed by atoms with Crippen molar-refractivity contribution in [3.05, 3.63) is 77.2 Å². The van der Waals surface area contributed by atoms with E-state index in [1.54, 1.807) is 48.6 Å². The second-order valence-corrected chi connectivity index (χ2v) is 9.27. The number of amides is 4. The van der Waals surface area contributed by atoms with Crippen LogP contribution in [-0.2, 0) is 10.3 Å². The highest BCUT2D eigenvalue weighted by Gasteiger charge is 2.50. The molecule has 0 spiro atoms. The molecule has 31 heavy (non-hydrogen) atoms. The van der Waals surface area contributed by atoms with E-state index in [4.69, 9.17) is 0 Å². The fourth-order valence-electron chi connectivity index (χ4n) is 3.42. The molecular formula is C22H16N4O3S2. The van der Waals surface area contributed by atoms with Crippen molar-refractivity contribution in [2.24, 2.45) is 0 Å². The molecule has 1 aliphatic heterocycles. The van der Waals surface area contributed by atoms with Crippen molar-refractivity contribution in [3.63, 3.8) is 0 Å². The maximum Gasteiger partial charge on any atom is 0.344 e. The van der Waals surface area contributed by atoms with Crippen molar-refractivity contribution in [2.45, 2.75) is 12.5 Å². The molecule has 9 heteroatoms. The molecular weight excluding hydrogens is 432 g/mol. The summed E-state index contributed by atoms with van der Waals surface area (Å²) in [5.74, 6) is -1.07. The first-order valence-corrected chi connectivity index (χ1v) is 11.1. The summed E-state index contributed by atoms with van der Waals surface area (Å²) in [7, 11) is 0. The minimum absolute atomic E-state index is 0.378. The highest BCUT2D eigenvalue weighted by molar-refractivity contribution is 7.26. The minimum atomic E-state index is -1.24. The maximum absolute atomic E-state index is 13.0. The van der Waals surface area contributed by atoms with Gasteiger partial charge in [-0.25, -0.2) is 9.78 Å². The summed E-state index contributed by atoms with van der Waals surface area (Å²) in [6, 6.07) is 19.6. The first-order chi connectivity index (χ1) is 15.0. The summed E-state index contributed by atoms with van der Waals surface area (Å²) in [5.41, 5.74) is 2.74. The summed E-state index contributed by atoms with van der Waals surface area (Å²) in [5, 5.41) is 4.23. The summed E-state index contributed by atoms with van der Waals surface area (Å²) < 4.78 is 1.07. The summed E-state index contributed by atoms with van der Waals surface area (Å²) in [6.07, 6.45) is 0. The van der Waals surface area contributed by atoms with Crippen LogP contribution in [-0.4, -0.2) is 27.8 Å². The lowest BCUT2D eigenvalue weighted by Gasteiger charge is -2.21. The fourth-order valence-corrected chi connectivity index (χ4v) is 5.33. The number of nitrogens with zero attached hydrogens (tertiary/aromatic N) is 2. The number of thiophene rings is 1. The molecule has 2 aromatic heterocycles. The molecule has 0 radical (unpaired) electrons. The highest BCUT2D eigenvalue weighted by Crippen LogP contribution is 2.34. The third kappa shape index (κ3) is 3.28. The molecule has 5 rings (SSSR count). The molecule has 1 atom stereocenters. The number of hydrogen-bond donors (Lipinski definition) is 2.